The van der Waals surface area contributed by atoms with Gasteiger partial charge in [0.2, 0.25) is 0 Å². The van der Waals surface area contributed by atoms with Crippen LogP contribution in [0.25, 0.3) is 0 Å². The third-order valence-corrected chi connectivity index (χ3v) is 3.70. The van der Waals surface area contributed by atoms with E-state index >= 15 is 0 Å². The molecule has 2 rings (SSSR count). The highest BCUT2D eigenvalue weighted by molar-refractivity contribution is 5.78. The second-order valence-electron chi connectivity index (χ2n) is 5.13. The Labute approximate surface area is 138 Å². The molecule has 0 saturated carbocycles. The van der Waals surface area contributed by atoms with Gasteiger partial charge in [-0.05, 0) is 18.1 Å². The molecule has 0 aliphatic heterocycles. The second-order valence-corrected chi connectivity index (χ2v) is 5.13. The molecule has 0 radical (unpaired) electrons. The second kappa shape index (κ2) is 7.45. The number of nitro benzene ring substituents is 1. The van der Waals surface area contributed by atoms with Crippen molar-refractivity contribution >= 4 is 11.7 Å². The van der Waals surface area contributed by atoms with Crippen LogP contribution in [0.4, 0.5) is 5.69 Å². The van der Waals surface area contributed by atoms with Gasteiger partial charge in [-0.15, -0.1) is 0 Å². The molecule has 2 aromatic carbocycles. The number of carboxylic acid groups (broad SMARTS) is 1. The van der Waals surface area contributed by atoms with E-state index in [4.69, 9.17) is 9.47 Å². The summed E-state index contributed by atoms with van der Waals surface area (Å²) in [6.45, 7) is 0. The molecule has 7 nitrogen and oxygen atoms in total. The zero-order valence-corrected chi connectivity index (χ0v) is 13.3. The van der Waals surface area contributed by atoms with E-state index in [0.29, 0.717) is 22.6 Å². The van der Waals surface area contributed by atoms with Crippen molar-refractivity contribution in [2.75, 3.05) is 14.2 Å². The first-order valence-corrected chi connectivity index (χ1v) is 7.14. The molecule has 1 atom stereocenters. The molecule has 0 aliphatic rings. The number of hydrogen-bond donors (Lipinski definition) is 1. The van der Waals surface area contributed by atoms with Gasteiger partial charge in [-0.1, -0.05) is 18.2 Å². The number of methoxy groups -OCH3 is 2. The lowest BCUT2D eigenvalue weighted by molar-refractivity contribution is -0.384. The Balaban J connectivity index is 2.33. The molecule has 7 heteroatoms. The average Bonchev–Trinajstić information content (AvgIpc) is 2.59. The third-order valence-electron chi connectivity index (χ3n) is 3.70. The zero-order valence-electron chi connectivity index (χ0n) is 13.3. The van der Waals surface area contributed by atoms with Gasteiger partial charge in [0.15, 0.2) is 0 Å². The molecule has 0 aromatic heterocycles. The number of carbonyl (C=O) groups is 1. The van der Waals surface area contributed by atoms with E-state index in [2.05, 4.69) is 0 Å². The Bertz CT molecular complexity index is 741. The van der Waals surface area contributed by atoms with Crippen molar-refractivity contribution in [2.45, 2.75) is 12.3 Å². The van der Waals surface area contributed by atoms with Gasteiger partial charge in [0.1, 0.15) is 11.5 Å². The first-order valence-electron chi connectivity index (χ1n) is 7.14. The number of ether oxygens (including phenoxy) is 2. The Kier molecular flexibility index (Phi) is 5.36. The molecule has 0 aliphatic carbocycles. The van der Waals surface area contributed by atoms with Crippen LogP contribution in [0.15, 0.2) is 42.5 Å². The summed E-state index contributed by atoms with van der Waals surface area (Å²) < 4.78 is 10.4. The summed E-state index contributed by atoms with van der Waals surface area (Å²) in [7, 11) is 2.98. The Morgan fingerprint density at radius 1 is 1.17 bits per heavy atom. The van der Waals surface area contributed by atoms with E-state index in [0.717, 1.165) is 0 Å². The Morgan fingerprint density at radius 3 is 2.33 bits per heavy atom. The van der Waals surface area contributed by atoms with Crippen LogP contribution in [0.5, 0.6) is 11.5 Å². The number of nitrogens with zero attached hydrogens (tertiary/aromatic N) is 1. The van der Waals surface area contributed by atoms with Gasteiger partial charge in [0.25, 0.3) is 5.69 Å². The number of rotatable bonds is 7. The van der Waals surface area contributed by atoms with Gasteiger partial charge < -0.3 is 14.6 Å². The van der Waals surface area contributed by atoms with E-state index in [9.17, 15) is 20.0 Å². The molecule has 0 bridgehead atoms. The van der Waals surface area contributed by atoms with E-state index in [1.807, 2.05) is 0 Å². The van der Waals surface area contributed by atoms with Crippen molar-refractivity contribution in [3.05, 3.63) is 63.7 Å². The molecule has 24 heavy (non-hydrogen) atoms. The maximum Gasteiger partial charge on any atom is 0.311 e. The van der Waals surface area contributed by atoms with Crippen LogP contribution in [0.1, 0.15) is 17.0 Å². The summed E-state index contributed by atoms with van der Waals surface area (Å²) in [6.07, 6.45) is 0.190. The summed E-state index contributed by atoms with van der Waals surface area (Å²) in [5, 5.41) is 20.3. The summed E-state index contributed by atoms with van der Waals surface area (Å²) in [6, 6.07) is 10.8. The van der Waals surface area contributed by atoms with Gasteiger partial charge >= 0.3 is 5.97 Å². The number of non-ortho nitro benzene ring substituents is 1. The molecule has 126 valence electrons. The number of carboxylic acids is 1. The van der Waals surface area contributed by atoms with Crippen molar-refractivity contribution in [3.8, 4) is 11.5 Å². The highest BCUT2D eigenvalue weighted by atomic mass is 16.6. The molecule has 0 amide bonds. The van der Waals surface area contributed by atoms with Crippen molar-refractivity contribution in [3.63, 3.8) is 0 Å². The molecule has 1 N–H and O–H groups in total. The van der Waals surface area contributed by atoms with Crippen molar-refractivity contribution in [1.82, 2.24) is 0 Å². The topological polar surface area (TPSA) is 98.9 Å². The maximum absolute atomic E-state index is 11.7. The smallest absolute Gasteiger partial charge is 0.311 e. The Morgan fingerprint density at radius 2 is 1.83 bits per heavy atom. The largest absolute Gasteiger partial charge is 0.497 e. The fourth-order valence-electron chi connectivity index (χ4n) is 2.43. The fraction of sp³-hybridized carbons (Fsp3) is 0.235. The molecule has 1 unspecified atom stereocenters. The van der Waals surface area contributed by atoms with Crippen LogP contribution >= 0.6 is 0 Å². The van der Waals surface area contributed by atoms with Crippen LogP contribution in [0.3, 0.4) is 0 Å². The van der Waals surface area contributed by atoms with Gasteiger partial charge in [-0.2, -0.15) is 0 Å². The number of aliphatic carboxylic acids is 1. The molecule has 0 fully saturated rings. The predicted molar refractivity (Wildman–Crippen MR) is 86.7 cm³/mol. The van der Waals surface area contributed by atoms with Crippen molar-refractivity contribution < 1.29 is 24.3 Å². The van der Waals surface area contributed by atoms with Crippen LogP contribution < -0.4 is 9.47 Å². The lowest BCUT2D eigenvalue weighted by Gasteiger charge is -2.17. The molecule has 0 spiro atoms. The van der Waals surface area contributed by atoms with E-state index < -0.39 is 16.8 Å². The average molecular weight is 331 g/mol. The third kappa shape index (κ3) is 3.81. The van der Waals surface area contributed by atoms with E-state index in [1.165, 1.54) is 26.4 Å². The molecule has 0 heterocycles. The van der Waals surface area contributed by atoms with Gasteiger partial charge in [0.05, 0.1) is 25.1 Å². The van der Waals surface area contributed by atoms with Crippen LogP contribution in [0.2, 0.25) is 0 Å². The normalized spacial score (nSPS) is 11.6. The van der Waals surface area contributed by atoms with E-state index in [-0.39, 0.29) is 12.1 Å². The first kappa shape index (κ1) is 17.3. The van der Waals surface area contributed by atoms with Crippen molar-refractivity contribution in [2.24, 2.45) is 0 Å². The Hall–Kier alpha value is -3.09. The summed E-state index contributed by atoms with van der Waals surface area (Å²) in [5.41, 5.74) is 1.17. The summed E-state index contributed by atoms with van der Waals surface area (Å²) in [5.74, 6) is -0.858. The highest BCUT2D eigenvalue weighted by Gasteiger charge is 2.24. The lowest BCUT2D eigenvalue weighted by atomic mass is 9.91. The predicted octanol–water partition coefficient (Wildman–Crippen LogP) is 3.02. The van der Waals surface area contributed by atoms with Crippen molar-refractivity contribution in [1.29, 1.82) is 0 Å². The zero-order chi connectivity index (χ0) is 17.7. The number of benzene rings is 2. The summed E-state index contributed by atoms with van der Waals surface area (Å²) in [4.78, 5) is 21.9. The fourth-order valence-corrected chi connectivity index (χ4v) is 2.43. The standard InChI is InChI=1S/C17H17NO6/c1-23-13-7-8-14(16(10-13)24-2)15(17(19)20)9-11-3-5-12(6-4-11)18(21)22/h3-8,10,15H,9H2,1-2H3,(H,19,20). The quantitative estimate of drug-likeness (QED) is 0.618. The molecule has 0 saturated heterocycles. The minimum absolute atomic E-state index is 0.0346. The van der Waals surface area contributed by atoms with Crippen LogP contribution in [-0.4, -0.2) is 30.2 Å². The lowest BCUT2D eigenvalue weighted by Crippen LogP contribution is -2.15. The summed E-state index contributed by atoms with van der Waals surface area (Å²) >= 11 is 0. The molecule has 2 aromatic rings. The van der Waals surface area contributed by atoms with Gasteiger partial charge in [-0.3, -0.25) is 14.9 Å². The maximum atomic E-state index is 11.7. The minimum Gasteiger partial charge on any atom is -0.497 e. The first-order chi connectivity index (χ1) is 11.5. The van der Waals surface area contributed by atoms with Crippen LogP contribution in [0, 0.1) is 10.1 Å². The SMILES string of the molecule is COc1ccc(C(Cc2ccc([N+](=O)[O-])cc2)C(=O)O)c(OC)c1. The van der Waals surface area contributed by atoms with Gasteiger partial charge in [-0.25, -0.2) is 0 Å². The minimum atomic E-state index is -1.00. The molecular weight excluding hydrogens is 314 g/mol. The molecular formula is C17H17NO6. The van der Waals surface area contributed by atoms with Gasteiger partial charge in [0, 0.05) is 23.8 Å². The monoisotopic (exact) mass is 331 g/mol. The number of hydrogen-bond acceptors (Lipinski definition) is 5. The van der Waals surface area contributed by atoms with E-state index in [1.54, 1.807) is 30.3 Å². The highest BCUT2D eigenvalue weighted by Crippen LogP contribution is 2.33. The number of nitro groups is 1. The van der Waals surface area contributed by atoms with Crippen LogP contribution in [-0.2, 0) is 11.2 Å².